The van der Waals surface area contributed by atoms with Crippen molar-refractivity contribution in [1.29, 1.82) is 0 Å². The third kappa shape index (κ3) is 2.24. The minimum absolute atomic E-state index is 0.151. The van der Waals surface area contributed by atoms with Gasteiger partial charge in [-0.1, -0.05) is 0 Å². The minimum atomic E-state index is -1.04. The van der Waals surface area contributed by atoms with E-state index in [0.29, 0.717) is 0 Å². The van der Waals surface area contributed by atoms with Gasteiger partial charge >= 0.3 is 0 Å². The van der Waals surface area contributed by atoms with Crippen molar-refractivity contribution in [3.63, 3.8) is 0 Å². The highest BCUT2D eigenvalue weighted by Crippen LogP contribution is 2.29. The van der Waals surface area contributed by atoms with Crippen molar-refractivity contribution in [2.75, 3.05) is 0 Å². The van der Waals surface area contributed by atoms with Crippen LogP contribution in [0.5, 0.6) is 0 Å². The molecule has 6 nitrogen and oxygen atoms in total. The zero-order chi connectivity index (χ0) is 11.5. The number of rotatable bonds is 3. The topological polar surface area (TPSA) is 85.5 Å². The first-order chi connectivity index (χ1) is 6.99. The van der Waals surface area contributed by atoms with Crippen molar-refractivity contribution < 1.29 is 9.72 Å². The van der Waals surface area contributed by atoms with E-state index in [2.05, 4.69) is 9.98 Å². The lowest BCUT2D eigenvalue weighted by atomic mass is 9.99. The molecule has 6 heteroatoms. The van der Waals surface area contributed by atoms with Crippen molar-refractivity contribution in [3.8, 4) is 0 Å². The maximum Gasteiger partial charge on any atom is 0.293 e. The molecule has 0 spiro atoms. The van der Waals surface area contributed by atoms with Crippen LogP contribution in [0.3, 0.4) is 0 Å². The second-order valence-electron chi connectivity index (χ2n) is 3.39. The van der Waals surface area contributed by atoms with Crippen LogP contribution in [0.1, 0.15) is 19.5 Å². The second kappa shape index (κ2) is 3.98. The lowest BCUT2D eigenvalue weighted by molar-refractivity contribution is -0.386. The van der Waals surface area contributed by atoms with Gasteiger partial charge in [-0.05, 0) is 19.9 Å². The highest BCUT2D eigenvalue weighted by Gasteiger charge is 2.29. The Labute approximate surface area is 85.8 Å². The first kappa shape index (κ1) is 11.0. The third-order valence-corrected chi connectivity index (χ3v) is 1.89. The Balaban J connectivity index is 3.36. The molecule has 0 unspecified atom stereocenters. The van der Waals surface area contributed by atoms with Crippen molar-refractivity contribution >= 4 is 11.8 Å². The molecule has 0 saturated carbocycles. The molecule has 15 heavy (non-hydrogen) atoms. The van der Waals surface area contributed by atoms with E-state index in [4.69, 9.17) is 0 Å². The molecule has 78 valence electrons. The highest BCUT2D eigenvalue weighted by atomic mass is 16.6. The van der Waals surface area contributed by atoms with Gasteiger partial charge in [-0.15, -0.1) is 0 Å². The summed E-state index contributed by atoms with van der Waals surface area (Å²) in [6.07, 6.45) is 2.81. The molecule has 0 N–H and O–H groups in total. The lowest BCUT2D eigenvalue weighted by Crippen LogP contribution is -2.17. The largest absolute Gasteiger partial charge is 0.293 e. The van der Waals surface area contributed by atoms with E-state index in [1.165, 1.54) is 24.4 Å². The average Bonchev–Trinajstić information content (AvgIpc) is 2.17. The summed E-state index contributed by atoms with van der Waals surface area (Å²) in [6, 6.07) is 2.78. The number of nitro groups is 1. The van der Waals surface area contributed by atoms with Crippen LogP contribution in [-0.4, -0.2) is 16.0 Å². The molecule has 1 aromatic rings. The number of isocyanates is 1. The Bertz CT molecular complexity index is 436. The zero-order valence-electron chi connectivity index (χ0n) is 8.30. The number of hydrogen-bond donors (Lipinski definition) is 0. The minimum Gasteiger partial charge on any atom is -0.258 e. The van der Waals surface area contributed by atoms with E-state index in [-0.39, 0.29) is 11.4 Å². The fraction of sp³-hybridized carbons (Fsp3) is 0.333. The molecule has 0 amide bonds. The highest BCUT2D eigenvalue weighted by molar-refractivity contribution is 5.42. The predicted molar refractivity (Wildman–Crippen MR) is 52.0 cm³/mol. The Morgan fingerprint density at radius 3 is 2.80 bits per heavy atom. The van der Waals surface area contributed by atoms with E-state index < -0.39 is 10.5 Å². The van der Waals surface area contributed by atoms with Gasteiger partial charge in [-0.3, -0.25) is 15.1 Å². The first-order valence-electron chi connectivity index (χ1n) is 4.18. The number of aromatic nitrogens is 1. The molecule has 0 saturated heterocycles. The summed E-state index contributed by atoms with van der Waals surface area (Å²) in [4.78, 5) is 27.7. The fourth-order valence-corrected chi connectivity index (χ4v) is 1.18. The Morgan fingerprint density at radius 2 is 2.27 bits per heavy atom. The standard InChI is InChI=1S/C9H9N3O3/c1-9(2,11-6-13)8-7(12(14)15)4-3-5-10-8/h3-5H,1-2H3. The van der Waals surface area contributed by atoms with E-state index >= 15 is 0 Å². The molecule has 0 atom stereocenters. The lowest BCUT2D eigenvalue weighted by Gasteiger charge is -2.15. The fourth-order valence-electron chi connectivity index (χ4n) is 1.18. The van der Waals surface area contributed by atoms with Crippen LogP contribution in [0.15, 0.2) is 23.3 Å². The van der Waals surface area contributed by atoms with Gasteiger partial charge in [0, 0.05) is 12.3 Å². The summed E-state index contributed by atoms with van der Waals surface area (Å²) in [5.41, 5.74) is -1.04. The number of aliphatic imine (C=N–C) groups is 1. The number of pyridine rings is 1. The zero-order valence-corrected chi connectivity index (χ0v) is 8.30. The Kier molecular flexibility index (Phi) is 2.92. The summed E-state index contributed by atoms with van der Waals surface area (Å²) in [5.74, 6) is 0. The number of carbonyl (C=O) groups excluding carboxylic acids is 1. The quantitative estimate of drug-likeness (QED) is 0.326. The van der Waals surface area contributed by atoms with Gasteiger partial charge in [-0.2, -0.15) is 4.99 Å². The van der Waals surface area contributed by atoms with Crippen LogP contribution in [-0.2, 0) is 10.3 Å². The molecule has 0 bridgehead atoms. The van der Waals surface area contributed by atoms with E-state index in [0.717, 1.165) is 0 Å². The van der Waals surface area contributed by atoms with Crippen LogP contribution in [0.25, 0.3) is 0 Å². The average molecular weight is 207 g/mol. The Hall–Kier alpha value is -2.07. The second-order valence-corrected chi connectivity index (χ2v) is 3.39. The molecule has 1 heterocycles. The Morgan fingerprint density at radius 1 is 1.60 bits per heavy atom. The van der Waals surface area contributed by atoms with Gasteiger partial charge in [0.15, 0.2) is 0 Å². The van der Waals surface area contributed by atoms with Crippen molar-refractivity contribution in [2.24, 2.45) is 4.99 Å². The SMILES string of the molecule is CC(C)(N=C=O)c1ncccc1[N+](=O)[O-]. The molecule has 0 radical (unpaired) electrons. The van der Waals surface area contributed by atoms with Crippen LogP contribution in [0.4, 0.5) is 5.69 Å². The summed E-state index contributed by atoms with van der Waals surface area (Å²) in [6.45, 7) is 3.13. The van der Waals surface area contributed by atoms with Crippen molar-refractivity contribution in [3.05, 3.63) is 34.1 Å². The van der Waals surface area contributed by atoms with Crippen LogP contribution >= 0.6 is 0 Å². The van der Waals surface area contributed by atoms with Gasteiger partial charge in [0.1, 0.15) is 11.2 Å². The summed E-state index contributed by atoms with van der Waals surface area (Å²) in [7, 11) is 0. The van der Waals surface area contributed by atoms with Crippen molar-refractivity contribution in [1.82, 2.24) is 4.98 Å². The third-order valence-electron chi connectivity index (χ3n) is 1.89. The van der Waals surface area contributed by atoms with Gasteiger partial charge < -0.3 is 0 Å². The van der Waals surface area contributed by atoms with Gasteiger partial charge in [0.2, 0.25) is 6.08 Å². The molecule has 1 rings (SSSR count). The van der Waals surface area contributed by atoms with E-state index in [1.54, 1.807) is 13.8 Å². The molecule has 0 aliphatic carbocycles. The maximum atomic E-state index is 10.7. The number of hydrogen-bond acceptors (Lipinski definition) is 5. The van der Waals surface area contributed by atoms with E-state index in [9.17, 15) is 14.9 Å². The monoisotopic (exact) mass is 207 g/mol. The van der Waals surface area contributed by atoms with Crippen LogP contribution < -0.4 is 0 Å². The molecular weight excluding hydrogens is 198 g/mol. The first-order valence-corrected chi connectivity index (χ1v) is 4.18. The molecule has 1 aromatic heterocycles. The van der Waals surface area contributed by atoms with Gasteiger partial charge in [0.25, 0.3) is 5.69 Å². The van der Waals surface area contributed by atoms with Crippen LogP contribution in [0, 0.1) is 10.1 Å². The molecule has 0 aromatic carbocycles. The molecular formula is C9H9N3O3. The predicted octanol–water partition coefficient (Wildman–Crippen LogP) is 1.56. The smallest absolute Gasteiger partial charge is 0.258 e. The molecule has 0 fully saturated rings. The normalized spacial score (nSPS) is 10.5. The summed E-state index contributed by atoms with van der Waals surface area (Å²) < 4.78 is 0. The molecule has 0 aliphatic rings. The van der Waals surface area contributed by atoms with E-state index in [1.807, 2.05) is 0 Å². The maximum absolute atomic E-state index is 10.7. The summed E-state index contributed by atoms with van der Waals surface area (Å²) >= 11 is 0. The van der Waals surface area contributed by atoms with Crippen LogP contribution in [0.2, 0.25) is 0 Å². The number of nitrogens with zero attached hydrogens (tertiary/aromatic N) is 3. The van der Waals surface area contributed by atoms with Gasteiger partial charge in [-0.25, -0.2) is 4.79 Å². The van der Waals surface area contributed by atoms with Crippen molar-refractivity contribution in [2.45, 2.75) is 19.4 Å². The van der Waals surface area contributed by atoms with Gasteiger partial charge in [0.05, 0.1) is 4.92 Å². The summed E-state index contributed by atoms with van der Waals surface area (Å²) in [5, 5.41) is 10.7. The molecule has 0 aliphatic heterocycles.